The third kappa shape index (κ3) is 2.61. The van der Waals surface area contributed by atoms with Crippen molar-refractivity contribution in [1.29, 1.82) is 5.26 Å². The molecule has 5 heteroatoms. The molecule has 1 aromatic rings. The Balaban J connectivity index is 2.20. The van der Waals surface area contributed by atoms with Crippen LogP contribution in [0.4, 0.5) is 5.82 Å². The van der Waals surface area contributed by atoms with Crippen LogP contribution in [0.25, 0.3) is 0 Å². The molecular formula is C11H13ClN4. The molecule has 4 nitrogen and oxygen atoms in total. The molecular weight excluding hydrogens is 224 g/mol. The molecule has 1 aliphatic carbocycles. The van der Waals surface area contributed by atoms with Gasteiger partial charge < -0.3 is 4.90 Å². The summed E-state index contributed by atoms with van der Waals surface area (Å²) >= 11 is 5.84. The maximum absolute atomic E-state index is 8.64. The summed E-state index contributed by atoms with van der Waals surface area (Å²) in [7, 11) is 0. The van der Waals surface area contributed by atoms with E-state index in [1.54, 1.807) is 0 Å². The highest BCUT2D eigenvalue weighted by Crippen LogP contribution is 2.31. The number of aromatic nitrogens is 2. The molecule has 1 saturated carbocycles. The van der Waals surface area contributed by atoms with Gasteiger partial charge in [0.25, 0.3) is 0 Å². The topological polar surface area (TPSA) is 52.8 Å². The summed E-state index contributed by atoms with van der Waals surface area (Å²) in [4.78, 5) is 10.4. The number of halogens is 1. The van der Waals surface area contributed by atoms with Gasteiger partial charge in [-0.25, -0.2) is 9.97 Å². The van der Waals surface area contributed by atoms with E-state index in [9.17, 15) is 0 Å². The number of rotatable bonds is 4. The highest BCUT2D eigenvalue weighted by molar-refractivity contribution is 6.28. The van der Waals surface area contributed by atoms with Crippen LogP contribution in [0.2, 0.25) is 5.28 Å². The van der Waals surface area contributed by atoms with Gasteiger partial charge >= 0.3 is 0 Å². The second-order valence-electron chi connectivity index (χ2n) is 3.97. The van der Waals surface area contributed by atoms with Crippen LogP contribution < -0.4 is 4.90 Å². The lowest BCUT2D eigenvalue weighted by molar-refractivity contribution is 0.774. The maximum Gasteiger partial charge on any atom is 0.224 e. The van der Waals surface area contributed by atoms with E-state index in [-0.39, 0.29) is 5.28 Å². The highest BCUT2D eigenvalue weighted by atomic mass is 35.5. The maximum atomic E-state index is 8.64. The molecule has 0 aliphatic heterocycles. The molecule has 1 aliphatic rings. The molecule has 1 aromatic heterocycles. The average molecular weight is 237 g/mol. The molecule has 0 spiro atoms. The quantitative estimate of drug-likeness (QED) is 0.753. The van der Waals surface area contributed by atoms with E-state index >= 15 is 0 Å². The van der Waals surface area contributed by atoms with E-state index in [2.05, 4.69) is 20.9 Å². The van der Waals surface area contributed by atoms with Crippen LogP contribution in [0.15, 0.2) is 6.07 Å². The molecule has 84 valence electrons. The van der Waals surface area contributed by atoms with Gasteiger partial charge in [-0.15, -0.1) is 0 Å². The lowest BCUT2D eigenvalue weighted by Crippen LogP contribution is -2.27. The van der Waals surface area contributed by atoms with Gasteiger partial charge in [-0.3, -0.25) is 0 Å². The predicted molar refractivity (Wildman–Crippen MR) is 62.4 cm³/mol. The van der Waals surface area contributed by atoms with Crippen molar-refractivity contribution in [3.8, 4) is 6.07 Å². The van der Waals surface area contributed by atoms with Crippen LogP contribution in [0.3, 0.4) is 0 Å². The zero-order chi connectivity index (χ0) is 11.5. The minimum absolute atomic E-state index is 0.276. The Morgan fingerprint density at radius 1 is 1.56 bits per heavy atom. The van der Waals surface area contributed by atoms with Crippen molar-refractivity contribution in [2.75, 3.05) is 11.4 Å². The van der Waals surface area contributed by atoms with Crippen LogP contribution in [0.5, 0.6) is 0 Å². The average Bonchev–Trinajstić information content (AvgIpc) is 3.01. The van der Waals surface area contributed by atoms with E-state index in [1.165, 1.54) is 12.8 Å². The Labute approximate surface area is 99.9 Å². The van der Waals surface area contributed by atoms with E-state index in [4.69, 9.17) is 16.9 Å². The first-order chi connectivity index (χ1) is 7.70. The second-order valence-corrected chi connectivity index (χ2v) is 4.31. The van der Waals surface area contributed by atoms with Crippen LogP contribution >= 0.6 is 11.6 Å². The Bertz CT molecular complexity index is 402. The third-order valence-electron chi connectivity index (χ3n) is 2.56. The highest BCUT2D eigenvalue weighted by Gasteiger charge is 2.29. The van der Waals surface area contributed by atoms with Crippen LogP contribution in [-0.4, -0.2) is 22.6 Å². The Kier molecular flexibility index (Phi) is 3.25. The number of aryl methyl sites for hydroxylation is 1. The lowest BCUT2D eigenvalue weighted by Gasteiger charge is -2.22. The number of nitrogens with zero attached hydrogens (tertiary/aromatic N) is 4. The van der Waals surface area contributed by atoms with Gasteiger partial charge in [0.15, 0.2) is 0 Å². The van der Waals surface area contributed by atoms with Crippen molar-refractivity contribution in [1.82, 2.24) is 9.97 Å². The lowest BCUT2D eigenvalue weighted by atomic mass is 10.3. The van der Waals surface area contributed by atoms with Gasteiger partial charge in [0.2, 0.25) is 5.28 Å². The first kappa shape index (κ1) is 11.2. The zero-order valence-electron chi connectivity index (χ0n) is 9.15. The predicted octanol–water partition coefficient (Wildman–Crippen LogP) is 2.32. The van der Waals surface area contributed by atoms with Gasteiger partial charge in [0.05, 0.1) is 12.5 Å². The molecule has 0 bridgehead atoms. The van der Waals surface area contributed by atoms with Gasteiger partial charge in [0, 0.05) is 24.3 Å². The first-order valence-corrected chi connectivity index (χ1v) is 5.73. The molecule has 2 rings (SSSR count). The third-order valence-corrected chi connectivity index (χ3v) is 2.73. The Hall–Kier alpha value is -1.34. The number of hydrogen-bond acceptors (Lipinski definition) is 4. The van der Waals surface area contributed by atoms with Crippen molar-refractivity contribution in [2.45, 2.75) is 32.2 Å². The van der Waals surface area contributed by atoms with Crippen molar-refractivity contribution in [2.24, 2.45) is 0 Å². The van der Waals surface area contributed by atoms with Crippen molar-refractivity contribution in [3.63, 3.8) is 0 Å². The molecule has 16 heavy (non-hydrogen) atoms. The molecule has 0 amide bonds. The van der Waals surface area contributed by atoms with Gasteiger partial charge in [-0.05, 0) is 31.4 Å². The van der Waals surface area contributed by atoms with Crippen LogP contribution in [0, 0.1) is 18.3 Å². The monoisotopic (exact) mass is 236 g/mol. The van der Waals surface area contributed by atoms with Gasteiger partial charge in [-0.2, -0.15) is 5.26 Å². The fourth-order valence-corrected chi connectivity index (χ4v) is 1.92. The Morgan fingerprint density at radius 2 is 2.31 bits per heavy atom. The van der Waals surface area contributed by atoms with E-state index in [0.717, 1.165) is 11.5 Å². The van der Waals surface area contributed by atoms with Crippen molar-refractivity contribution < 1.29 is 0 Å². The molecule has 0 aromatic carbocycles. The van der Waals surface area contributed by atoms with E-state index < -0.39 is 0 Å². The van der Waals surface area contributed by atoms with Crippen molar-refractivity contribution in [3.05, 3.63) is 17.0 Å². The summed E-state index contributed by atoms with van der Waals surface area (Å²) in [5, 5.41) is 8.91. The molecule has 1 fully saturated rings. The minimum Gasteiger partial charge on any atom is -0.352 e. The van der Waals surface area contributed by atoms with Crippen molar-refractivity contribution >= 4 is 17.4 Å². The number of anilines is 1. The SMILES string of the molecule is Cc1cc(N(CCC#N)C2CC2)nc(Cl)n1. The molecule has 0 N–H and O–H groups in total. The Morgan fingerprint density at radius 3 is 2.88 bits per heavy atom. The standard InChI is InChI=1S/C11H13ClN4/c1-8-7-10(15-11(12)14-8)16(6-2-5-13)9-3-4-9/h7,9H,2-4,6H2,1H3. The summed E-state index contributed by atoms with van der Waals surface area (Å²) in [6.45, 7) is 2.61. The first-order valence-electron chi connectivity index (χ1n) is 5.35. The normalized spacial score (nSPS) is 14.6. The molecule has 0 saturated heterocycles. The summed E-state index contributed by atoms with van der Waals surface area (Å²) < 4.78 is 0. The summed E-state index contributed by atoms with van der Waals surface area (Å²) in [5.74, 6) is 0.843. The summed E-state index contributed by atoms with van der Waals surface area (Å²) in [6.07, 6.45) is 2.86. The molecule has 0 atom stereocenters. The molecule has 0 unspecified atom stereocenters. The van der Waals surface area contributed by atoms with Crippen LogP contribution in [-0.2, 0) is 0 Å². The second kappa shape index (κ2) is 4.67. The zero-order valence-corrected chi connectivity index (χ0v) is 9.91. The van der Waals surface area contributed by atoms with E-state index in [1.807, 2.05) is 13.0 Å². The fourth-order valence-electron chi connectivity index (χ4n) is 1.70. The van der Waals surface area contributed by atoms with E-state index in [0.29, 0.717) is 19.0 Å². The van der Waals surface area contributed by atoms with Crippen LogP contribution in [0.1, 0.15) is 25.0 Å². The van der Waals surface area contributed by atoms with Gasteiger partial charge in [0.1, 0.15) is 5.82 Å². The number of hydrogen-bond donors (Lipinski definition) is 0. The molecule has 1 heterocycles. The fraction of sp³-hybridized carbons (Fsp3) is 0.545. The number of nitriles is 1. The minimum atomic E-state index is 0.276. The largest absolute Gasteiger partial charge is 0.352 e. The molecule has 0 radical (unpaired) electrons. The summed E-state index contributed by atoms with van der Waals surface area (Å²) in [5.41, 5.74) is 0.859. The van der Waals surface area contributed by atoms with Gasteiger partial charge in [-0.1, -0.05) is 0 Å². The summed E-state index contributed by atoms with van der Waals surface area (Å²) in [6, 6.07) is 4.61. The smallest absolute Gasteiger partial charge is 0.224 e.